The van der Waals surface area contributed by atoms with Crippen LogP contribution in [0.5, 0.6) is 0 Å². The molecular weight excluding hydrogens is 372 g/mol. The van der Waals surface area contributed by atoms with Gasteiger partial charge in [-0.1, -0.05) is 27.7 Å². The average molecular weight is 401 g/mol. The Labute approximate surface area is 170 Å². The zero-order valence-electron chi connectivity index (χ0n) is 16.9. The fourth-order valence-electron chi connectivity index (χ4n) is 2.79. The summed E-state index contributed by atoms with van der Waals surface area (Å²) in [6.07, 6.45) is 2.52. The van der Waals surface area contributed by atoms with Crippen LogP contribution in [0.1, 0.15) is 44.5 Å². The highest BCUT2D eigenvalue weighted by Gasteiger charge is 2.22. The summed E-state index contributed by atoms with van der Waals surface area (Å²) in [6.45, 7) is 8.26. The maximum atomic E-state index is 12.7. The Hall–Kier alpha value is -2.46. The van der Waals surface area contributed by atoms with Gasteiger partial charge in [0, 0.05) is 22.9 Å². The number of rotatable bonds is 9. The lowest BCUT2D eigenvalue weighted by Gasteiger charge is -2.19. The second-order valence-electron chi connectivity index (χ2n) is 7.64. The van der Waals surface area contributed by atoms with E-state index in [0.29, 0.717) is 17.9 Å². The normalized spacial score (nSPS) is 12.2. The Kier molecular flexibility index (Phi) is 7.94. The molecule has 0 saturated heterocycles. The van der Waals surface area contributed by atoms with Gasteiger partial charge >= 0.3 is 0 Å². The number of carbonyl (C=O) groups is 2. The third-order valence-electron chi connectivity index (χ3n) is 4.13. The largest absolute Gasteiger partial charge is 0.341 e. The number of hydrogen-bond donors (Lipinski definition) is 2. The number of fused-ring (bicyclic) bond motifs is 1. The molecule has 0 aliphatic rings. The molecule has 2 amide bonds. The van der Waals surface area contributed by atoms with E-state index in [2.05, 4.69) is 28.5 Å². The summed E-state index contributed by atoms with van der Waals surface area (Å²) in [7, 11) is 0. The summed E-state index contributed by atoms with van der Waals surface area (Å²) in [4.78, 5) is 25.0. The molecule has 7 heteroatoms. The Bertz CT molecular complexity index is 867. The van der Waals surface area contributed by atoms with Gasteiger partial charge in [0.05, 0.1) is 11.6 Å². The topological polar surface area (TPSA) is 86.9 Å². The minimum atomic E-state index is -0.664. The SMILES string of the molecule is CC(C)CSn1ccc2cc(C(=O)NC(CC(C)C)C(=O)NCC#N)ccc21. The number of benzene rings is 1. The minimum absolute atomic E-state index is 0.0726. The van der Waals surface area contributed by atoms with Crippen molar-refractivity contribution in [2.24, 2.45) is 11.8 Å². The first-order valence-electron chi connectivity index (χ1n) is 9.51. The molecule has 1 unspecified atom stereocenters. The van der Waals surface area contributed by atoms with Crippen LogP contribution < -0.4 is 10.6 Å². The maximum absolute atomic E-state index is 12.7. The van der Waals surface area contributed by atoms with Crippen molar-refractivity contribution in [2.75, 3.05) is 12.3 Å². The standard InChI is InChI=1S/C21H28N4O2S/c1-14(2)11-18(21(27)23-9-8-22)24-20(26)17-5-6-19-16(12-17)7-10-25(19)28-13-15(3)4/h5-7,10,12,14-15,18H,9,11,13H2,1-4H3,(H,23,27)(H,24,26). The fourth-order valence-corrected chi connectivity index (χ4v) is 3.71. The molecule has 0 spiro atoms. The van der Waals surface area contributed by atoms with E-state index in [4.69, 9.17) is 5.26 Å². The van der Waals surface area contributed by atoms with Crippen LogP contribution in [0, 0.1) is 23.2 Å². The van der Waals surface area contributed by atoms with E-state index in [1.165, 1.54) is 0 Å². The number of carbonyl (C=O) groups excluding carboxylic acids is 2. The van der Waals surface area contributed by atoms with E-state index in [1.807, 2.05) is 44.3 Å². The Balaban J connectivity index is 2.14. The number of aromatic nitrogens is 1. The first-order chi connectivity index (χ1) is 13.3. The molecule has 0 aliphatic heterocycles. The summed E-state index contributed by atoms with van der Waals surface area (Å²) in [5.74, 6) is 1.22. The molecule has 0 bridgehead atoms. The first-order valence-corrected chi connectivity index (χ1v) is 10.5. The third kappa shape index (κ3) is 6.03. The van der Waals surface area contributed by atoms with Gasteiger partial charge in [0.2, 0.25) is 5.91 Å². The van der Waals surface area contributed by atoms with Crippen molar-refractivity contribution < 1.29 is 9.59 Å². The van der Waals surface area contributed by atoms with E-state index in [0.717, 1.165) is 16.7 Å². The highest BCUT2D eigenvalue weighted by atomic mass is 32.2. The molecule has 1 atom stereocenters. The minimum Gasteiger partial charge on any atom is -0.341 e. The highest BCUT2D eigenvalue weighted by molar-refractivity contribution is 7.97. The van der Waals surface area contributed by atoms with Gasteiger partial charge in [-0.15, -0.1) is 0 Å². The molecule has 6 nitrogen and oxygen atoms in total. The van der Waals surface area contributed by atoms with Crippen LogP contribution in [0.25, 0.3) is 10.9 Å². The van der Waals surface area contributed by atoms with E-state index in [-0.39, 0.29) is 24.3 Å². The van der Waals surface area contributed by atoms with Crippen molar-refractivity contribution in [1.82, 2.24) is 14.6 Å². The van der Waals surface area contributed by atoms with Gasteiger partial charge in [0.15, 0.2) is 0 Å². The number of amides is 2. The van der Waals surface area contributed by atoms with Crippen LogP contribution in [0.3, 0.4) is 0 Å². The molecule has 28 heavy (non-hydrogen) atoms. The molecular formula is C21H28N4O2S. The summed E-state index contributed by atoms with van der Waals surface area (Å²) in [5, 5.41) is 15.0. The zero-order valence-corrected chi connectivity index (χ0v) is 17.7. The lowest BCUT2D eigenvalue weighted by Crippen LogP contribution is -2.47. The van der Waals surface area contributed by atoms with Crippen LogP contribution in [-0.4, -0.2) is 34.1 Å². The molecule has 1 heterocycles. The van der Waals surface area contributed by atoms with Crippen LogP contribution in [0.15, 0.2) is 30.5 Å². The van der Waals surface area contributed by atoms with Crippen LogP contribution in [0.4, 0.5) is 0 Å². The van der Waals surface area contributed by atoms with Crippen LogP contribution in [0.2, 0.25) is 0 Å². The van der Waals surface area contributed by atoms with Crippen molar-refractivity contribution in [3.05, 3.63) is 36.0 Å². The Morgan fingerprint density at radius 2 is 1.93 bits per heavy atom. The molecule has 150 valence electrons. The molecule has 2 rings (SSSR count). The fraction of sp³-hybridized carbons (Fsp3) is 0.476. The van der Waals surface area contributed by atoms with Gasteiger partial charge in [-0.05, 0) is 54.5 Å². The van der Waals surface area contributed by atoms with Crippen molar-refractivity contribution >= 4 is 34.7 Å². The van der Waals surface area contributed by atoms with Crippen molar-refractivity contribution in [1.29, 1.82) is 5.26 Å². The van der Waals surface area contributed by atoms with Gasteiger partial charge in [0.25, 0.3) is 5.91 Å². The molecule has 0 aliphatic carbocycles. The number of nitrogens with one attached hydrogen (secondary N) is 2. The van der Waals surface area contributed by atoms with Gasteiger partial charge < -0.3 is 10.6 Å². The first kappa shape index (κ1) is 21.8. The highest BCUT2D eigenvalue weighted by Crippen LogP contribution is 2.23. The second kappa shape index (κ2) is 10.2. The summed E-state index contributed by atoms with van der Waals surface area (Å²) >= 11 is 1.74. The van der Waals surface area contributed by atoms with Crippen LogP contribution in [-0.2, 0) is 4.79 Å². The Morgan fingerprint density at radius 1 is 1.18 bits per heavy atom. The van der Waals surface area contributed by atoms with Gasteiger partial charge in [0.1, 0.15) is 12.6 Å². The van der Waals surface area contributed by atoms with E-state index in [9.17, 15) is 9.59 Å². The van der Waals surface area contributed by atoms with E-state index in [1.54, 1.807) is 18.0 Å². The second-order valence-corrected chi connectivity index (χ2v) is 8.62. The predicted octanol–water partition coefficient (Wildman–Crippen LogP) is 3.58. The van der Waals surface area contributed by atoms with Gasteiger partial charge in [-0.3, -0.25) is 13.6 Å². The van der Waals surface area contributed by atoms with Gasteiger partial charge in [-0.2, -0.15) is 5.26 Å². The maximum Gasteiger partial charge on any atom is 0.251 e. The zero-order chi connectivity index (χ0) is 20.7. The van der Waals surface area contributed by atoms with E-state index >= 15 is 0 Å². The lowest BCUT2D eigenvalue weighted by atomic mass is 10.0. The predicted molar refractivity (Wildman–Crippen MR) is 114 cm³/mol. The number of nitriles is 1. The Morgan fingerprint density at radius 3 is 2.57 bits per heavy atom. The number of nitrogens with zero attached hydrogens (tertiary/aromatic N) is 2. The molecule has 0 radical (unpaired) electrons. The van der Waals surface area contributed by atoms with Crippen molar-refractivity contribution in [2.45, 2.75) is 40.2 Å². The monoisotopic (exact) mass is 400 g/mol. The molecule has 1 aromatic carbocycles. The molecule has 2 aromatic rings. The smallest absolute Gasteiger partial charge is 0.251 e. The quantitative estimate of drug-likeness (QED) is 0.630. The van der Waals surface area contributed by atoms with Crippen LogP contribution >= 0.6 is 11.9 Å². The molecule has 2 N–H and O–H groups in total. The van der Waals surface area contributed by atoms with E-state index < -0.39 is 6.04 Å². The molecule has 1 aromatic heterocycles. The van der Waals surface area contributed by atoms with Crippen molar-refractivity contribution in [3.8, 4) is 6.07 Å². The summed E-state index contributed by atoms with van der Waals surface area (Å²) in [5.41, 5.74) is 1.58. The third-order valence-corrected chi connectivity index (χ3v) is 5.55. The molecule has 0 saturated carbocycles. The van der Waals surface area contributed by atoms with Crippen molar-refractivity contribution in [3.63, 3.8) is 0 Å². The average Bonchev–Trinajstić information content (AvgIpc) is 3.05. The number of hydrogen-bond acceptors (Lipinski definition) is 4. The summed E-state index contributed by atoms with van der Waals surface area (Å²) < 4.78 is 2.12. The lowest BCUT2D eigenvalue weighted by molar-refractivity contribution is -0.123. The molecule has 0 fully saturated rings. The van der Waals surface area contributed by atoms with Gasteiger partial charge in [-0.25, -0.2) is 0 Å². The summed E-state index contributed by atoms with van der Waals surface area (Å²) in [6, 6.07) is 8.77.